The Balaban J connectivity index is 2.52. The molecule has 76 valence electrons. The van der Waals surface area contributed by atoms with Gasteiger partial charge in [0.25, 0.3) is 6.43 Å². The number of aliphatic hydroxyl groups is 1. The molecule has 1 unspecified atom stereocenters. The first kappa shape index (κ1) is 9.59. The molecule has 1 nitrogen and oxygen atoms in total. The van der Waals surface area contributed by atoms with E-state index in [-0.39, 0.29) is 6.42 Å². The van der Waals surface area contributed by atoms with Gasteiger partial charge in [-0.1, -0.05) is 23.8 Å². The van der Waals surface area contributed by atoms with Crippen LogP contribution in [0.15, 0.2) is 18.2 Å². The first-order valence-corrected chi connectivity index (χ1v) is 4.64. The maximum Gasteiger partial charge on any atom is 0.270 e. The van der Waals surface area contributed by atoms with Gasteiger partial charge >= 0.3 is 0 Å². The van der Waals surface area contributed by atoms with Gasteiger partial charge in [0.1, 0.15) is 0 Å². The molecule has 0 aliphatic heterocycles. The van der Waals surface area contributed by atoms with Crippen molar-refractivity contribution in [2.75, 3.05) is 0 Å². The highest BCUT2D eigenvalue weighted by atomic mass is 19.3. The van der Waals surface area contributed by atoms with Gasteiger partial charge in [0.2, 0.25) is 0 Å². The van der Waals surface area contributed by atoms with Gasteiger partial charge in [-0.2, -0.15) is 0 Å². The lowest BCUT2D eigenvalue weighted by molar-refractivity contribution is -0.100. The highest BCUT2D eigenvalue weighted by Crippen LogP contribution is 2.41. The number of rotatable bonds is 1. The molecular weight excluding hydrogens is 186 g/mol. The summed E-state index contributed by atoms with van der Waals surface area (Å²) in [5, 5.41) is 9.80. The minimum absolute atomic E-state index is 0.128. The second-order valence-corrected chi connectivity index (χ2v) is 3.89. The Morgan fingerprint density at radius 3 is 2.79 bits per heavy atom. The van der Waals surface area contributed by atoms with Crippen molar-refractivity contribution in [2.24, 2.45) is 0 Å². The molecule has 1 aromatic carbocycles. The van der Waals surface area contributed by atoms with E-state index in [0.29, 0.717) is 12.0 Å². The fraction of sp³-hybridized carbons (Fsp3) is 0.455. The normalized spacial score (nSPS) is 25.5. The van der Waals surface area contributed by atoms with Crippen LogP contribution >= 0.6 is 0 Å². The van der Waals surface area contributed by atoms with Gasteiger partial charge in [0.15, 0.2) is 5.60 Å². The van der Waals surface area contributed by atoms with Gasteiger partial charge in [0.05, 0.1) is 0 Å². The summed E-state index contributed by atoms with van der Waals surface area (Å²) in [4.78, 5) is 0. The first-order valence-electron chi connectivity index (χ1n) is 4.64. The van der Waals surface area contributed by atoms with E-state index in [2.05, 4.69) is 0 Å². The lowest BCUT2D eigenvalue weighted by Crippen LogP contribution is -2.31. The Labute approximate surface area is 81.4 Å². The lowest BCUT2D eigenvalue weighted by Gasteiger charge is -2.22. The number of alkyl halides is 2. The van der Waals surface area contributed by atoms with Crippen LogP contribution in [0, 0.1) is 6.92 Å². The molecule has 0 fully saturated rings. The zero-order valence-corrected chi connectivity index (χ0v) is 7.93. The summed E-state index contributed by atoms with van der Waals surface area (Å²) in [7, 11) is 0. The summed E-state index contributed by atoms with van der Waals surface area (Å²) < 4.78 is 25.4. The maximum absolute atomic E-state index is 12.7. The van der Waals surface area contributed by atoms with Gasteiger partial charge in [-0.25, -0.2) is 8.78 Å². The topological polar surface area (TPSA) is 20.2 Å². The molecule has 0 saturated carbocycles. The Kier molecular flexibility index (Phi) is 2.07. The van der Waals surface area contributed by atoms with Crippen molar-refractivity contribution in [3.05, 3.63) is 34.9 Å². The van der Waals surface area contributed by atoms with Crippen LogP contribution in [0.5, 0.6) is 0 Å². The summed E-state index contributed by atoms with van der Waals surface area (Å²) in [5.41, 5.74) is 0.247. The van der Waals surface area contributed by atoms with Crippen LogP contribution in [0.4, 0.5) is 8.78 Å². The average molecular weight is 198 g/mol. The summed E-state index contributed by atoms with van der Waals surface area (Å²) in [6.45, 7) is 1.84. The van der Waals surface area contributed by atoms with E-state index in [1.165, 1.54) is 0 Å². The van der Waals surface area contributed by atoms with Gasteiger partial charge < -0.3 is 5.11 Å². The second-order valence-electron chi connectivity index (χ2n) is 3.89. The smallest absolute Gasteiger partial charge is 0.270 e. The predicted molar refractivity (Wildman–Crippen MR) is 49.4 cm³/mol. The Hall–Kier alpha value is -0.960. The molecule has 0 saturated heterocycles. The molecule has 0 aromatic heterocycles. The molecule has 1 aliphatic carbocycles. The zero-order valence-electron chi connectivity index (χ0n) is 7.93. The third kappa shape index (κ3) is 1.23. The third-order valence-corrected chi connectivity index (χ3v) is 2.87. The minimum Gasteiger partial charge on any atom is -0.379 e. The quantitative estimate of drug-likeness (QED) is 0.734. The number of aryl methyl sites for hydroxylation is 2. The highest BCUT2D eigenvalue weighted by molar-refractivity contribution is 5.40. The van der Waals surface area contributed by atoms with Crippen LogP contribution in [0.2, 0.25) is 0 Å². The minimum atomic E-state index is -2.70. The molecular formula is C11H12F2O. The van der Waals surface area contributed by atoms with E-state index in [4.69, 9.17) is 0 Å². The fourth-order valence-electron chi connectivity index (χ4n) is 2.00. The molecule has 0 spiro atoms. The van der Waals surface area contributed by atoms with Gasteiger partial charge in [0, 0.05) is 0 Å². The van der Waals surface area contributed by atoms with E-state index >= 15 is 0 Å². The Morgan fingerprint density at radius 1 is 1.43 bits per heavy atom. The van der Waals surface area contributed by atoms with Crippen molar-refractivity contribution in [3.63, 3.8) is 0 Å². The SMILES string of the molecule is Cc1ccc2c(c1)C(O)(C(F)F)CC2. The highest BCUT2D eigenvalue weighted by Gasteiger charge is 2.44. The summed E-state index contributed by atoms with van der Waals surface area (Å²) >= 11 is 0. The van der Waals surface area contributed by atoms with E-state index < -0.39 is 12.0 Å². The average Bonchev–Trinajstić information content (AvgIpc) is 2.46. The van der Waals surface area contributed by atoms with Gasteiger partial charge in [-0.3, -0.25) is 0 Å². The summed E-state index contributed by atoms with van der Waals surface area (Å²) in [6.07, 6.45) is -2.04. The van der Waals surface area contributed by atoms with Crippen molar-refractivity contribution < 1.29 is 13.9 Å². The maximum atomic E-state index is 12.7. The summed E-state index contributed by atoms with van der Waals surface area (Å²) in [5.74, 6) is 0. The number of benzene rings is 1. The number of fused-ring (bicyclic) bond motifs is 1. The fourth-order valence-corrected chi connectivity index (χ4v) is 2.00. The predicted octanol–water partition coefficient (Wildman–Crippen LogP) is 2.39. The largest absolute Gasteiger partial charge is 0.379 e. The molecule has 14 heavy (non-hydrogen) atoms. The van der Waals surface area contributed by atoms with Crippen molar-refractivity contribution in [1.82, 2.24) is 0 Å². The third-order valence-electron chi connectivity index (χ3n) is 2.87. The van der Waals surface area contributed by atoms with Crippen LogP contribution in [0.3, 0.4) is 0 Å². The lowest BCUT2D eigenvalue weighted by atomic mass is 9.95. The van der Waals surface area contributed by atoms with Gasteiger partial charge in [-0.05, 0) is 30.9 Å². The summed E-state index contributed by atoms with van der Waals surface area (Å²) in [6, 6.07) is 5.37. The van der Waals surface area contributed by atoms with Gasteiger partial charge in [-0.15, -0.1) is 0 Å². The number of hydrogen-bond donors (Lipinski definition) is 1. The van der Waals surface area contributed by atoms with Crippen molar-refractivity contribution in [2.45, 2.75) is 31.8 Å². The van der Waals surface area contributed by atoms with Crippen molar-refractivity contribution in [3.8, 4) is 0 Å². The van der Waals surface area contributed by atoms with E-state index in [0.717, 1.165) is 11.1 Å². The van der Waals surface area contributed by atoms with Crippen LogP contribution < -0.4 is 0 Å². The zero-order chi connectivity index (χ0) is 10.3. The van der Waals surface area contributed by atoms with E-state index in [1.54, 1.807) is 6.07 Å². The molecule has 0 radical (unpaired) electrons. The van der Waals surface area contributed by atoms with Crippen LogP contribution in [-0.2, 0) is 12.0 Å². The number of hydrogen-bond acceptors (Lipinski definition) is 1. The van der Waals surface area contributed by atoms with Crippen LogP contribution in [-0.4, -0.2) is 11.5 Å². The monoisotopic (exact) mass is 198 g/mol. The Bertz CT molecular complexity index is 362. The molecule has 1 aliphatic rings. The molecule has 0 amide bonds. The van der Waals surface area contributed by atoms with Crippen LogP contribution in [0.25, 0.3) is 0 Å². The first-order chi connectivity index (χ1) is 6.54. The standard InChI is InChI=1S/C11H12F2O/c1-7-2-3-8-4-5-11(14,10(12)13)9(8)6-7/h2-3,6,10,14H,4-5H2,1H3. The number of halogens is 2. The van der Waals surface area contributed by atoms with E-state index in [9.17, 15) is 13.9 Å². The molecule has 3 heteroatoms. The van der Waals surface area contributed by atoms with E-state index in [1.807, 2.05) is 19.1 Å². The van der Waals surface area contributed by atoms with Crippen molar-refractivity contribution in [1.29, 1.82) is 0 Å². The second kappa shape index (κ2) is 3.02. The molecule has 0 bridgehead atoms. The Morgan fingerprint density at radius 2 is 2.14 bits per heavy atom. The molecule has 1 aromatic rings. The van der Waals surface area contributed by atoms with Crippen LogP contribution in [0.1, 0.15) is 23.1 Å². The molecule has 1 atom stereocenters. The molecule has 0 heterocycles. The molecule has 2 rings (SSSR count). The van der Waals surface area contributed by atoms with Crippen molar-refractivity contribution >= 4 is 0 Å². The molecule has 1 N–H and O–H groups in total.